The van der Waals surface area contributed by atoms with Gasteiger partial charge in [-0.1, -0.05) is 35.5 Å². The molecule has 0 fully saturated rings. The van der Waals surface area contributed by atoms with E-state index < -0.39 is 11.6 Å². The van der Waals surface area contributed by atoms with Crippen molar-refractivity contribution in [3.05, 3.63) is 58.4 Å². The predicted molar refractivity (Wildman–Crippen MR) is 69.1 cm³/mol. The highest BCUT2D eigenvalue weighted by molar-refractivity contribution is 5.96. The number of hydrogen-bond acceptors (Lipinski definition) is 5. The summed E-state index contributed by atoms with van der Waals surface area (Å²) in [6.07, 6.45) is 1.22. The first kappa shape index (κ1) is 12.0. The van der Waals surface area contributed by atoms with Crippen LogP contribution in [-0.4, -0.2) is 30.3 Å². The number of primary amides is 1. The maximum atomic E-state index is 12.2. The van der Waals surface area contributed by atoms with E-state index in [-0.39, 0.29) is 17.9 Å². The Kier molecular flexibility index (Phi) is 2.75. The Morgan fingerprint density at radius 3 is 2.70 bits per heavy atom. The average molecular weight is 270 g/mol. The molecule has 100 valence electrons. The summed E-state index contributed by atoms with van der Waals surface area (Å²) in [6.45, 7) is 0.284. The van der Waals surface area contributed by atoms with Crippen molar-refractivity contribution in [3.63, 3.8) is 0 Å². The standard InChI is InChI=1S/C12H10N6O2/c13-10(19)9-11-15-16-18(12(20)17(11)7-14-9)6-8-4-2-1-3-5-8/h1-5,7H,6H2,(H2,13,19). The number of aromatic nitrogens is 5. The zero-order valence-electron chi connectivity index (χ0n) is 10.3. The molecule has 3 rings (SSSR count). The molecule has 3 aromatic rings. The van der Waals surface area contributed by atoms with Crippen molar-refractivity contribution >= 4 is 11.6 Å². The molecular formula is C12H10N6O2. The third-order valence-corrected chi connectivity index (χ3v) is 2.83. The van der Waals surface area contributed by atoms with Gasteiger partial charge < -0.3 is 5.73 Å². The van der Waals surface area contributed by atoms with Gasteiger partial charge in [0.25, 0.3) is 5.91 Å². The average Bonchev–Trinajstić information content (AvgIpc) is 2.88. The molecule has 0 aliphatic heterocycles. The zero-order chi connectivity index (χ0) is 14.1. The van der Waals surface area contributed by atoms with E-state index in [1.165, 1.54) is 11.0 Å². The second-order valence-corrected chi connectivity index (χ2v) is 4.17. The number of nitrogens with two attached hydrogens (primary N) is 1. The molecule has 0 unspecified atom stereocenters. The van der Waals surface area contributed by atoms with Crippen molar-refractivity contribution in [2.24, 2.45) is 5.73 Å². The van der Waals surface area contributed by atoms with Crippen LogP contribution in [-0.2, 0) is 6.54 Å². The summed E-state index contributed by atoms with van der Waals surface area (Å²) in [5.74, 6) is -0.748. The van der Waals surface area contributed by atoms with Crippen molar-refractivity contribution in [1.82, 2.24) is 24.4 Å². The second kappa shape index (κ2) is 4.57. The highest BCUT2D eigenvalue weighted by Gasteiger charge is 2.15. The highest BCUT2D eigenvalue weighted by atomic mass is 16.2. The van der Waals surface area contributed by atoms with Gasteiger partial charge in [-0.3, -0.25) is 4.79 Å². The van der Waals surface area contributed by atoms with Crippen LogP contribution in [0.1, 0.15) is 16.1 Å². The number of rotatable bonds is 3. The summed E-state index contributed by atoms with van der Waals surface area (Å²) in [5, 5.41) is 7.63. The van der Waals surface area contributed by atoms with E-state index in [0.717, 1.165) is 9.96 Å². The molecule has 20 heavy (non-hydrogen) atoms. The van der Waals surface area contributed by atoms with Gasteiger partial charge in [0.15, 0.2) is 11.3 Å². The largest absolute Gasteiger partial charge is 0.364 e. The van der Waals surface area contributed by atoms with E-state index in [4.69, 9.17) is 5.73 Å². The van der Waals surface area contributed by atoms with Crippen LogP contribution in [0.3, 0.4) is 0 Å². The molecule has 0 aliphatic carbocycles. The van der Waals surface area contributed by atoms with Crippen molar-refractivity contribution in [1.29, 1.82) is 0 Å². The van der Waals surface area contributed by atoms with Gasteiger partial charge in [-0.15, -0.1) is 5.10 Å². The Morgan fingerprint density at radius 1 is 1.25 bits per heavy atom. The van der Waals surface area contributed by atoms with Crippen molar-refractivity contribution in [2.45, 2.75) is 6.54 Å². The SMILES string of the molecule is NC(=O)c1ncn2c(=O)n(Cc3ccccc3)nnc12. The summed E-state index contributed by atoms with van der Waals surface area (Å²) >= 11 is 0. The first-order valence-corrected chi connectivity index (χ1v) is 5.81. The van der Waals surface area contributed by atoms with Crippen LogP contribution >= 0.6 is 0 Å². The molecule has 0 saturated carbocycles. The normalized spacial score (nSPS) is 10.8. The molecule has 2 heterocycles. The number of benzene rings is 1. The van der Waals surface area contributed by atoms with E-state index >= 15 is 0 Å². The van der Waals surface area contributed by atoms with E-state index in [1.54, 1.807) is 0 Å². The molecule has 1 aromatic carbocycles. The Balaban J connectivity index is 2.09. The minimum absolute atomic E-state index is 0.0619. The van der Waals surface area contributed by atoms with Crippen LogP contribution in [0.25, 0.3) is 5.65 Å². The van der Waals surface area contributed by atoms with Gasteiger partial charge in [-0.05, 0) is 5.56 Å². The van der Waals surface area contributed by atoms with Gasteiger partial charge >= 0.3 is 5.69 Å². The second-order valence-electron chi connectivity index (χ2n) is 4.17. The summed E-state index contributed by atoms with van der Waals surface area (Å²) in [7, 11) is 0. The van der Waals surface area contributed by atoms with E-state index in [9.17, 15) is 9.59 Å². The zero-order valence-corrected chi connectivity index (χ0v) is 10.3. The molecule has 1 amide bonds. The third-order valence-electron chi connectivity index (χ3n) is 2.83. The lowest BCUT2D eigenvalue weighted by Crippen LogP contribution is -2.30. The molecule has 0 atom stereocenters. The molecule has 0 saturated heterocycles. The smallest absolute Gasteiger partial charge is 0.353 e. The maximum Gasteiger partial charge on any atom is 0.353 e. The number of nitrogens with zero attached hydrogens (tertiary/aromatic N) is 5. The summed E-state index contributed by atoms with van der Waals surface area (Å²) in [5.41, 5.74) is 5.62. The maximum absolute atomic E-state index is 12.2. The lowest BCUT2D eigenvalue weighted by atomic mass is 10.2. The summed E-state index contributed by atoms with van der Waals surface area (Å²) in [6, 6.07) is 9.38. The fraction of sp³-hybridized carbons (Fsp3) is 0.0833. The highest BCUT2D eigenvalue weighted by Crippen LogP contribution is 2.02. The van der Waals surface area contributed by atoms with E-state index in [1.807, 2.05) is 30.3 Å². The molecular weight excluding hydrogens is 260 g/mol. The number of fused-ring (bicyclic) bond motifs is 1. The predicted octanol–water partition coefficient (Wildman–Crippen LogP) is -0.567. The molecule has 8 nitrogen and oxygen atoms in total. The van der Waals surface area contributed by atoms with Gasteiger partial charge in [0.2, 0.25) is 0 Å². The molecule has 0 aliphatic rings. The van der Waals surface area contributed by atoms with Crippen LogP contribution in [0.5, 0.6) is 0 Å². The lowest BCUT2D eigenvalue weighted by Gasteiger charge is -2.03. The Bertz CT molecular complexity index is 836. The van der Waals surface area contributed by atoms with Gasteiger partial charge in [0.05, 0.1) is 6.54 Å². The minimum Gasteiger partial charge on any atom is -0.364 e. The number of hydrogen-bond donors (Lipinski definition) is 1. The number of amides is 1. The van der Waals surface area contributed by atoms with E-state index in [0.29, 0.717) is 0 Å². The molecule has 8 heteroatoms. The first-order valence-electron chi connectivity index (χ1n) is 5.81. The fourth-order valence-corrected chi connectivity index (χ4v) is 1.87. The topological polar surface area (TPSA) is 108 Å². The Morgan fingerprint density at radius 2 is 2.00 bits per heavy atom. The number of carbonyl (C=O) groups excluding carboxylic acids is 1. The minimum atomic E-state index is -0.748. The molecule has 0 spiro atoms. The quantitative estimate of drug-likeness (QED) is 0.685. The number of carbonyl (C=O) groups is 1. The third kappa shape index (κ3) is 1.92. The number of imidazole rings is 1. The van der Waals surface area contributed by atoms with Gasteiger partial charge in [0.1, 0.15) is 6.33 Å². The monoisotopic (exact) mass is 270 g/mol. The molecule has 0 radical (unpaired) electrons. The molecule has 2 N–H and O–H groups in total. The fourth-order valence-electron chi connectivity index (χ4n) is 1.87. The van der Waals surface area contributed by atoms with Gasteiger partial charge in [0, 0.05) is 0 Å². The van der Waals surface area contributed by atoms with Gasteiger partial charge in [-0.25, -0.2) is 14.2 Å². The summed E-state index contributed by atoms with van der Waals surface area (Å²) in [4.78, 5) is 27.1. The van der Waals surface area contributed by atoms with Crippen molar-refractivity contribution in [2.75, 3.05) is 0 Å². The first-order chi connectivity index (χ1) is 9.66. The molecule has 2 aromatic heterocycles. The summed E-state index contributed by atoms with van der Waals surface area (Å²) < 4.78 is 2.34. The lowest BCUT2D eigenvalue weighted by molar-refractivity contribution is 0.0997. The molecule has 0 bridgehead atoms. The van der Waals surface area contributed by atoms with Crippen LogP contribution in [0.15, 0.2) is 41.5 Å². The van der Waals surface area contributed by atoms with Crippen molar-refractivity contribution < 1.29 is 4.79 Å². The van der Waals surface area contributed by atoms with Crippen LogP contribution in [0, 0.1) is 0 Å². The van der Waals surface area contributed by atoms with E-state index in [2.05, 4.69) is 15.3 Å². The van der Waals surface area contributed by atoms with Crippen molar-refractivity contribution in [3.8, 4) is 0 Å². The Labute approximate surface area is 112 Å². The van der Waals surface area contributed by atoms with Gasteiger partial charge in [-0.2, -0.15) is 4.68 Å². The van der Waals surface area contributed by atoms with Crippen LogP contribution in [0.4, 0.5) is 0 Å². The Hall–Kier alpha value is -3.03. The van der Waals surface area contributed by atoms with Crippen LogP contribution < -0.4 is 11.4 Å². The van der Waals surface area contributed by atoms with Crippen LogP contribution in [0.2, 0.25) is 0 Å².